The molecule has 0 saturated heterocycles. The summed E-state index contributed by atoms with van der Waals surface area (Å²) in [7, 11) is -4.00. The average Bonchev–Trinajstić information content (AvgIpc) is 3.96. The summed E-state index contributed by atoms with van der Waals surface area (Å²) in [5.41, 5.74) is -3.75. The molecule has 8 atom stereocenters. The monoisotopic (exact) mass is 851 g/mol. The van der Waals surface area contributed by atoms with Crippen LogP contribution in [-0.4, -0.2) is 47.0 Å². The quantitative estimate of drug-likeness (QED) is 0.128. The molecule has 0 radical (unpaired) electrons. The van der Waals surface area contributed by atoms with Crippen LogP contribution in [0.5, 0.6) is 0 Å². The molecule has 58 heavy (non-hydrogen) atoms. The van der Waals surface area contributed by atoms with E-state index >= 15 is 4.79 Å². The Kier molecular flexibility index (Phi) is 9.29. The number of aliphatic hydroxyl groups excluding tert-OH is 1. The SMILES string of the molecule is CC12CCC(O)CC13C=CC1(C(C(=O)c4ccc(-c5cc(C(F)(F)F)ccc5Cl)o4)=C3)C2CCC2(C)C1CCC2(O)CN(Cc1ccccc1)S(=O)(=O)c1cccs1. The molecular formula is C45H45ClF3NO6S2. The zero-order valence-electron chi connectivity index (χ0n) is 32.1. The lowest BCUT2D eigenvalue weighted by Crippen LogP contribution is -2.67. The first-order chi connectivity index (χ1) is 27.4. The van der Waals surface area contributed by atoms with Gasteiger partial charge in [0.1, 0.15) is 9.97 Å². The summed E-state index contributed by atoms with van der Waals surface area (Å²) >= 11 is 7.52. The summed E-state index contributed by atoms with van der Waals surface area (Å²) in [6, 6.07) is 18.5. The number of aliphatic hydroxyl groups is 2. The van der Waals surface area contributed by atoms with Gasteiger partial charge in [0.2, 0.25) is 5.78 Å². The Morgan fingerprint density at radius 2 is 1.67 bits per heavy atom. The van der Waals surface area contributed by atoms with Gasteiger partial charge in [0.05, 0.1) is 22.3 Å². The van der Waals surface area contributed by atoms with Gasteiger partial charge >= 0.3 is 6.18 Å². The van der Waals surface area contributed by atoms with Crippen molar-refractivity contribution in [2.24, 2.45) is 33.5 Å². The van der Waals surface area contributed by atoms with Crippen LogP contribution in [0.15, 0.2) is 111 Å². The van der Waals surface area contributed by atoms with Crippen molar-refractivity contribution in [3.05, 3.63) is 124 Å². The van der Waals surface area contributed by atoms with Crippen LogP contribution in [0.2, 0.25) is 5.02 Å². The summed E-state index contributed by atoms with van der Waals surface area (Å²) in [6.45, 7) is 4.24. The van der Waals surface area contributed by atoms with Crippen molar-refractivity contribution in [2.45, 2.75) is 87.4 Å². The van der Waals surface area contributed by atoms with Gasteiger partial charge in [0.15, 0.2) is 5.76 Å². The van der Waals surface area contributed by atoms with E-state index in [2.05, 4.69) is 19.1 Å². The molecule has 3 fully saturated rings. The summed E-state index contributed by atoms with van der Waals surface area (Å²) < 4.78 is 77.5. The van der Waals surface area contributed by atoms with Crippen molar-refractivity contribution in [1.29, 1.82) is 0 Å². The first-order valence-corrected chi connectivity index (χ1v) is 22.5. The van der Waals surface area contributed by atoms with Crippen LogP contribution in [0.1, 0.15) is 80.5 Å². The average molecular weight is 852 g/mol. The highest BCUT2D eigenvalue weighted by Gasteiger charge is 2.74. The molecule has 4 aromatic rings. The molecule has 6 aliphatic rings. The third kappa shape index (κ3) is 5.75. The zero-order chi connectivity index (χ0) is 41.1. The highest BCUT2D eigenvalue weighted by molar-refractivity contribution is 7.91. The van der Waals surface area contributed by atoms with Crippen molar-refractivity contribution >= 4 is 38.7 Å². The Balaban J connectivity index is 1.13. The zero-order valence-corrected chi connectivity index (χ0v) is 34.5. The Bertz CT molecular complexity index is 2450. The number of nitrogens with zero attached hydrogens (tertiary/aromatic N) is 1. The second-order valence-corrected chi connectivity index (χ2v) is 21.2. The molecule has 8 unspecified atom stereocenters. The van der Waals surface area contributed by atoms with Gasteiger partial charge in [0, 0.05) is 40.5 Å². The Hall–Kier alpha value is -3.52. The number of hydrogen-bond donors (Lipinski definition) is 2. The second kappa shape index (κ2) is 13.5. The number of alkyl halides is 3. The molecule has 306 valence electrons. The van der Waals surface area contributed by atoms with E-state index in [4.69, 9.17) is 16.0 Å². The number of benzene rings is 2. The minimum Gasteiger partial charge on any atom is -0.453 e. The molecule has 0 aliphatic heterocycles. The molecular weight excluding hydrogens is 807 g/mol. The largest absolute Gasteiger partial charge is 0.453 e. The Morgan fingerprint density at radius 3 is 2.40 bits per heavy atom. The van der Waals surface area contributed by atoms with Crippen molar-refractivity contribution in [1.82, 2.24) is 4.31 Å². The molecule has 3 saturated carbocycles. The number of halogens is 4. The van der Waals surface area contributed by atoms with Gasteiger partial charge in [-0.2, -0.15) is 17.5 Å². The van der Waals surface area contributed by atoms with E-state index in [-0.39, 0.29) is 56.7 Å². The number of ketones is 1. The molecule has 2 aromatic carbocycles. The lowest BCUT2D eigenvalue weighted by molar-refractivity contribution is -0.174. The first-order valence-electron chi connectivity index (χ1n) is 19.8. The molecule has 2 aromatic heterocycles. The maximum atomic E-state index is 15.1. The molecule has 2 bridgehead atoms. The van der Waals surface area contributed by atoms with Crippen molar-refractivity contribution in [3.63, 3.8) is 0 Å². The molecule has 0 amide bonds. The normalized spacial score (nSPS) is 34.1. The topological polar surface area (TPSA) is 108 Å². The number of fused-ring (bicyclic) bond motifs is 1. The molecule has 10 rings (SSSR count). The third-order valence-electron chi connectivity index (χ3n) is 15.1. The first kappa shape index (κ1) is 39.9. The Labute approximate surface area is 345 Å². The molecule has 2 N–H and O–H groups in total. The summed E-state index contributed by atoms with van der Waals surface area (Å²) in [5.74, 6) is -0.765. The van der Waals surface area contributed by atoms with Crippen LogP contribution in [0, 0.1) is 33.5 Å². The standard InChI is InChI=1S/C45H45ClF3NO6S2/c1-40-17-14-30(51)24-42(40)20-21-44(32(25-42)39(52)35-13-12-34(56-35)31-23-29(45(47,48)49)10-11-33(31)46)36(40)15-18-41(2)37(44)16-19-43(41,53)27-50(26-28-7-4-3-5-8-28)58(54,55)38-9-6-22-57-38/h3-13,20-23,25,30,36-37,51,53H,14-19,24,26-27H2,1-2H3. The molecule has 2 heterocycles. The fourth-order valence-electron chi connectivity index (χ4n) is 12.1. The highest BCUT2D eigenvalue weighted by Crippen LogP contribution is 2.78. The molecule has 13 heteroatoms. The van der Waals surface area contributed by atoms with Crippen molar-refractivity contribution in [2.75, 3.05) is 6.54 Å². The van der Waals surface area contributed by atoms with E-state index in [1.54, 1.807) is 17.5 Å². The van der Waals surface area contributed by atoms with Crippen LogP contribution in [-0.2, 0) is 22.7 Å². The number of hydrogen-bond acceptors (Lipinski definition) is 7. The second-order valence-electron chi connectivity index (χ2n) is 17.7. The lowest BCUT2D eigenvalue weighted by atomic mass is 9.32. The van der Waals surface area contributed by atoms with Gasteiger partial charge in [-0.1, -0.05) is 80.1 Å². The molecule has 6 aliphatic carbocycles. The Morgan fingerprint density at radius 1 is 0.948 bits per heavy atom. The maximum absolute atomic E-state index is 15.1. The number of sulfonamides is 1. The van der Waals surface area contributed by atoms with Crippen LogP contribution in [0.25, 0.3) is 11.3 Å². The number of furan rings is 1. The van der Waals surface area contributed by atoms with Gasteiger partial charge in [-0.15, -0.1) is 11.3 Å². The van der Waals surface area contributed by atoms with Crippen LogP contribution in [0.4, 0.5) is 13.2 Å². The van der Waals surface area contributed by atoms with E-state index in [0.29, 0.717) is 44.1 Å². The van der Waals surface area contributed by atoms with Gasteiger partial charge < -0.3 is 14.6 Å². The van der Waals surface area contributed by atoms with Crippen LogP contribution >= 0.6 is 22.9 Å². The number of thiophene rings is 1. The van der Waals surface area contributed by atoms with Gasteiger partial charge in [-0.3, -0.25) is 4.79 Å². The summed E-state index contributed by atoms with van der Waals surface area (Å²) in [4.78, 5) is 15.1. The van der Waals surface area contributed by atoms with Gasteiger partial charge in [-0.25, -0.2) is 8.42 Å². The fourth-order valence-corrected chi connectivity index (χ4v) is 14.9. The smallest absolute Gasteiger partial charge is 0.416 e. The van der Waals surface area contributed by atoms with E-state index in [1.807, 2.05) is 43.3 Å². The van der Waals surface area contributed by atoms with Crippen molar-refractivity contribution < 1.29 is 41.0 Å². The number of rotatable bonds is 9. The minimum absolute atomic E-state index is 0.0100. The molecule has 2 spiro atoms. The van der Waals surface area contributed by atoms with Crippen molar-refractivity contribution in [3.8, 4) is 11.3 Å². The van der Waals surface area contributed by atoms with E-state index in [0.717, 1.165) is 41.5 Å². The lowest BCUT2D eigenvalue weighted by Gasteiger charge is -2.71. The summed E-state index contributed by atoms with van der Waals surface area (Å²) in [6.07, 6.45) is 5.04. The fraction of sp³-hybridized carbons (Fsp3) is 0.444. The van der Waals surface area contributed by atoms with E-state index in [1.165, 1.54) is 16.4 Å². The molecule has 7 nitrogen and oxygen atoms in total. The highest BCUT2D eigenvalue weighted by atomic mass is 35.5. The number of carbonyl (C=O) groups excluding carboxylic acids is 1. The predicted octanol–water partition coefficient (Wildman–Crippen LogP) is 10.3. The summed E-state index contributed by atoms with van der Waals surface area (Å²) in [5, 5.41) is 25.9. The maximum Gasteiger partial charge on any atom is 0.416 e. The number of allylic oxidation sites excluding steroid dienone is 4. The van der Waals surface area contributed by atoms with E-state index in [9.17, 15) is 31.8 Å². The third-order valence-corrected chi connectivity index (χ3v) is 18.6. The van der Waals surface area contributed by atoms with E-state index < -0.39 is 55.5 Å². The van der Waals surface area contributed by atoms with Gasteiger partial charge in [0.25, 0.3) is 10.0 Å². The number of carbonyl (C=O) groups is 1. The minimum atomic E-state index is -4.61. The van der Waals surface area contributed by atoms with Gasteiger partial charge in [-0.05, 0) is 110 Å². The predicted molar refractivity (Wildman–Crippen MR) is 215 cm³/mol. The number of Topliss-reactive ketones (excluding diaryl/α,β-unsaturated/α-hetero) is 1. The van der Waals surface area contributed by atoms with Crippen LogP contribution in [0.3, 0.4) is 0 Å². The van der Waals surface area contributed by atoms with Crippen LogP contribution < -0.4 is 0 Å².